The summed E-state index contributed by atoms with van der Waals surface area (Å²) < 4.78 is 5.87. The Hall–Kier alpha value is -2.33. The van der Waals surface area contributed by atoms with Gasteiger partial charge in [-0.1, -0.05) is 29.8 Å². The number of ether oxygens (including phenoxy) is 1. The van der Waals surface area contributed by atoms with Gasteiger partial charge < -0.3 is 15.8 Å². The molecule has 0 spiro atoms. The number of hydrogen-bond acceptors (Lipinski definition) is 3. The minimum atomic E-state index is 0.0339. The third-order valence-electron chi connectivity index (χ3n) is 4.79. The SMILES string of the molecule is Cc1cccc(COc2ccc(NC(=O)C3CCC(N)C3)c(C)c2)c1. The van der Waals surface area contributed by atoms with Gasteiger partial charge in [0.25, 0.3) is 0 Å². The Balaban J connectivity index is 1.59. The van der Waals surface area contributed by atoms with E-state index in [1.807, 2.05) is 31.2 Å². The van der Waals surface area contributed by atoms with E-state index in [-0.39, 0.29) is 17.9 Å². The summed E-state index contributed by atoms with van der Waals surface area (Å²) in [6.45, 7) is 4.59. The highest BCUT2D eigenvalue weighted by Crippen LogP contribution is 2.27. The monoisotopic (exact) mass is 338 g/mol. The van der Waals surface area contributed by atoms with Crippen molar-refractivity contribution in [3.63, 3.8) is 0 Å². The van der Waals surface area contributed by atoms with Gasteiger partial charge in [-0.15, -0.1) is 0 Å². The molecule has 3 rings (SSSR count). The lowest BCUT2D eigenvalue weighted by molar-refractivity contribution is -0.119. The van der Waals surface area contributed by atoms with Gasteiger partial charge in [0.05, 0.1) is 0 Å². The molecular formula is C21H26N2O2. The second-order valence-corrected chi connectivity index (χ2v) is 7.01. The molecule has 0 heterocycles. The molecule has 0 aromatic heterocycles. The molecule has 1 aliphatic rings. The molecule has 132 valence electrons. The predicted molar refractivity (Wildman–Crippen MR) is 101 cm³/mol. The molecule has 0 aliphatic heterocycles. The number of hydrogen-bond donors (Lipinski definition) is 2. The van der Waals surface area contributed by atoms with Crippen LogP contribution in [0.1, 0.15) is 36.0 Å². The van der Waals surface area contributed by atoms with E-state index < -0.39 is 0 Å². The Bertz CT molecular complexity index is 757. The lowest BCUT2D eigenvalue weighted by Crippen LogP contribution is -2.23. The molecule has 3 N–H and O–H groups in total. The van der Waals surface area contributed by atoms with E-state index in [9.17, 15) is 4.79 Å². The van der Waals surface area contributed by atoms with Crippen molar-refractivity contribution >= 4 is 11.6 Å². The van der Waals surface area contributed by atoms with Gasteiger partial charge in [0.15, 0.2) is 0 Å². The van der Waals surface area contributed by atoms with Crippen LogP contribution in [0.15, 0.2) is 42.5 Å². The molecule has 2 aromatic rings. The third kappa shape index (κ3) is 4.60. The van der Waals surface area contributed by atoms with E-state index in [4.69, 9.17) is 10.5 Å². The maximum atomic E-state index is 12.3. The summed E-state index contributed by atoms with van der Waals surface area (Å²) in [5, 5.41) is 3.03. The number of benzene rings is 2. The van der Waals surface area contributed by atoms with Crippen molar-refractivity contribution in [2.24, 2.45) is 11.7 Å². The minimum absolute atomic E-state index is 0.0339. The van der Waals surface area contributed by atoms with E-state index in [0.29, 0.717) is 6.61 Å². The van der Waals surface area contributed by atoms with Gasteiger partial charge in [0.2, 0.25) is 5.91 Å². The maximum absolute atomic E-state index is 12.3. The highest BCUT2D eigenvalue weighted by atomic mass is 16.5. The first-order chi connectivity index (χ1) is 12.0. The summed E-state index contributed by atoms with van der Waals surface area (Å²) in [4.78, 5) is 12.3. The van der Waals surface area contributed by atoms with Gasteiger partial charge in [0, 0.05) is 17.6 Å². The fourth-order valence-electron chi connectivity index (χ4n) is 3.32. The summed E-state index contributed by atoms with van der Waals surface area (Å²) in [6, 6.07) is 14.2. The maximum Gasteiger partial charge on any atom is 0.227 e. The summed E-state index contributed by atoms with van der Waals surface area (Å²) in [5.74, 6) is 0.913. The van der Waals surface area contributed by atoms with Crippen LogP contribution >= 0.6 is 0 Å². The third-order valence-corrected chi connectivity index (χ3v) is 4.79. The number of nitrogens with two attached hydrogens (primary N) is 1. The number of nitrogens with one attached hydrogen (secondary N) is 1. The number of carbonyl (C=O) groups excluding carboxylic acids is 1. The van der Waals surface area contributed by atoms with Crippen molar-refractivity contribution in [3.05, 3.63) is 59.2 Å². The first-order valence-corrected chi connectivity index (χ1v) is 8.86. The molecule has 0 radical (unpaired) electrons. The fraction of sp³-hybridized carbons (Fsp3) is 0.381. The van der Waals surface area contributed by atoms with Crippen molar-refractivity contribution in [2.45, 2.75) is 45.8 Å². The van der Waals surface area contributed by atoms with Crippen LogP contribution in [-0.2, 0) is 11.4 Å². The van der Waals surface area contributed by atoms with Crippen LogP contribution in [0.25, 0.3) is 0 Å². The molecule has 2 unspecified atom stereocenters. The largest absolute Gasteiger partial charge is 0.489 e. The van der Waals surface area contributed by atoms with Gasteiger partial charge >= 0.3 is 0 Å². The van der Waals surface area contributed by atoms with Crippen LogP contribution < -0.4 is 15.8 Å². The molecule has 1 aliphatic carbocycles. The van der Waals surface area contributed by atoms with Gasteiger partial charge in [-0.05, 0) is 62.4 Å². The van der Waals surface area contributed by atoms with Gasteiger partial charge in [-0.2, -0.15) is 0 Å². The molecule has 0 bridgehead atoms. The van der Waals surface area contributed by atoms with Crippen LogP contribution in [0, 0.1) is 19.8 Å². The number of aryl methyl sites for hydroxylation is 2. The highest BCUT2D eigenvalue weighted by Gasteiger charge is 2.27. The van der Waals surface area contributed by atoms with Gasteiger partial charge in [-0.3, -0.25) is 4.79 Å². The van der Waals surface area contributed by atoms with Crippen molar-refractivity contribution in [3.8, 4) is 5.75 Å². The lowest BCUT2D eigenvalue weighted by atomic mass is 10.1. The van der Waals surface area contributed by atoms with Crippen molar-refractivity contribution in [1.29, 1.82) is 0 Å². The van der Waals surface area contributed by atoms with Gasteiger partial charge in [-0.25, -0.2) is 0 Å². The molecule has 1 fully saturated rings. The smallest absolute Gasteiger partial charge is 0.227 e. The average molecular weight is 338 g/mol. The molecule has 1 saturated carbocycles. The summed E-state index contributed by atoms with van der Waals surface area (Å²) >= 11 is 0. The zero-order valence-corrected chi connectivity index (χ0v) is 14.9. The molecular weight excluding hydrogens is 312 g/mol. The Morgan fingerprint density at radius 1 is 1.20 bits per heavy atom. The zero-order valence-electron chi connectivity index (χ0n) is 14.9. The lowest BCUT2D eigenvalue weighted by Gasteiger charge is -2.14. The Morgan fingerprint density at radius 3 is 2.72 bits per heavy atom. The van der Waals surface area contributed by atoms with Crippen LogP contribution in [0.3, 0.4) is 0 Å². The predicted octanol–water partition coefficient (Wildman–Crippen LogP) is 3.95. The fourth-order valence-corrected chi connectivity index (χ4v) is 3.32. The number of amides is 1. The van der Waals surface area contributed by atoms with Crippen LogP contribution in [0.5, 0.6) is 5.75 Å². The Morgan fingerprint density at radius 2 is 2.04 bits per heavy atom. The number of carbonyl (C=O) groups is 1. The van der Waals surface area contributed by atoms with E-state index in [2.05, 4.69) is 30.4 Å². The second-order valence-electron chi connectivity index (χ2n) is 7.01. The number of rotatable bonds is 5. The van der Waals surface area contributed by atoms with E-state index in [0.717, 1.165) is 41.8 Å². The average Bonchev–Trinajstić information content (AvgIpc) is 3.02. The van der Waals surface area contributed by atoms with Crippen LogP contribution in [-0.4, -0.2) is 11.9 Å². The standard InChI is InChI=1S/C21H26N2O2/c1-14-4-3-5-16(10-14)13-25-19-8-9-20(15(2)11-19)23-21(24)17-6-7-18(22)12-17/h3-5,8-11,17-18H,6-7,12-13,22H2,1-2H3,(H,23,24). The molecule has 2 atom stereocenters. The minimum Gasteiger partial charge on any atom is -0.489 e. The van der Waals surface area contributed by atoms with Crippen molar-refractivity contribution in [2.75, 3.05) is 5.32 Å². The Labute approximate surface area is 149 Å². The molecule has 0 saturated heterocycles. The summed E-state index contributed by atoms with van der Waals surface area (Å²) in [5.41, 5.74) is 10.1. The molecule has 1 amide bonds. The number of anilines is 1. The first-order valence-electron chi connectivity index (χ1n) is 8.86. The van der Waals surface area contributed by atoms with Gasteiger partial charge in [0.1, 0.15) is 12.4 Å². The summed E-state index contributed by atoms with van der Waals surface area (Å²) in [6.07, 6.45) is 2.59. The van der Waals surface area contributed by atoms with Crippen LogP contribution in [0.4, 0.5) is 5.69 Å². The van der Waals surface area contributed by atoms with Crippen molar-refractivity contribution in [1.82, 2.24) is 0 Å². The molecule has 4 heteroatoms. The van der Waals surface area contributed by atoms with E-state index >= 15 is 0 Å². The topological polar surface area (TPSA) is 64.3 Å². The summed E-state index contributed by atoms with van der Waals surface area (Å²) in [7, 11) is 0. The first kappa shape index (κ1) is 17.5. The van der Waals surface area contributed by atoms with Crippen molar-refractivity contribution < 1.29 is 9.53 Å². The molecule has 2 aromatic carbocycles. The second kappa shape index (κ2) is 7.70. The van der Waals surface area contributed by atoms with Crippen LogP contribution in [0.2, 0.25) is 0 Å². The highest BCUT2D eigenvalue weighted by molar-refractivity contribution is 5.93. The Kier molecular flexibility index (Phi) is 5.39. The van der Waals surface area contributed by atoms with E-state index in [1.54, 1.807) is 0 Å². The zero-order chi connectivity index (χ0) is 17.8. The molecule has 25 heavy (non-hydrogen) atoms. The van der Waals surface area contributed by atoms with E-state index in [1.165, 1.54) is 5.56 Å². The normalized spacial score (nSPS) is 19.6. The molecule has 4 nitrogen and oxygen atoms in total. The quantitative estimate of drug-likeness (QED) is 0.867.